The fraction of sp³-hybridized carbons (Fsp3) is 0.250. The number of phenols is 2. The lowest BCUT2D eigenvalue weighted by Crippen LogP contribution is -2.02. The summed E-state index contributed by atoms with van der Waals surface area (Å²) in [4.78, 5) is 0. The van der Waals surface area contributed by atoms with Crippen LogP contribution in [-0.4, -0.2) is 10.2 Å². The van der Waals surface area contributed by atoms with Crippen LogP contribution in [0.5, 0.6) is 11.5 Å². The van der Waals surface area contributed by atoms with E-state index in [1.165, 1.54) is 0 Å². The van der Waals surface area contributed by atoms with Crippen LogP contribution in [0, 0.1) is 0 Å². The van der Waals surface area contributed by atoms with Gasteiger partial charge in [-0.3, -0.25) is 0 Å². The average molecular weight is 469 g/mol. The summed E-state index contributed by atoms with van der Waals surface area (Å²) in [6.45, 7) is 2.10. The van der Waals surface area contributed by atoms with E-state index >= 15 is 0 Å². The van der Waals surface area contributed by atoms with E-state index in [1.54, 1.807) is 12.1 Å². The molecule has 22 heavy (non-hydrogen) atoms. The molecule has 2 aromatic carbocycles. The molecular weight excluding hydrogens is 455 g/mol. The number of rotatable bonds is 4. The van der Waals surface area contributed by atoms with E-state index in [0.29, 0.717) is 19.0 Å². The predicted octanol–water partition coefficient (Wildman–Crippen LogP) is 6.86. The predicted molar refractivity (Wildman–Crippen MR) is 98.4 cm³/mol. The Labute approximate surface area is 156 Å². The van der Waals surface area contributed by atoms with E-state index in [4.69, 9.17) is 23.2 Å². The molecule has 0 saturated carbocycles. The zero-order chi connectivity index (χ0) is 16.4. The highest BCUT2D eigenvalue weighted by molar-refractivity contribution is 9.10. The molecule has 0 atom stereocenters. The van der Waals surface area contributed by atoms with Crippen LogP contribution in [0.3, 0.4) is 0 Å². The largest absolute Gasteiger partial charge is 0.505 e. The Morgan fingerprint density at radius 2 is 1.32 bits per heavy atom. The Morgan fingerprint density at radius 3 is 1.64 bits per heavy atom. The maximum absolute atomic E-state index is 9.80. The number of halogens is 4. The fourth-order valence-corrected chi connectivity index (χ4v) is 4.03. The quantitative estimate of drug-likeness (QED) is 0.514. The Morgan fingerprint density at radius 1 is 0.909 bits per heavy atom. The van der Waals surface area contributed by atoms with Gasteiger partial charge in [-0.05, 0) is 73.7 Å². The van der Waals surface area contributed by atoms with Gasteiger partial charge < -0.3 is 10.2 Å². The van der Waals surface area contributed by atoms with Crippen molar-refractivity contribution < 1.29 is 10.2 Å². The Bertz CT molecular complexity index is 601. The third-order valence-corrected chi connectivity index (χ3v) is 5.25. The summed E-state index contributed by atoms with van der Waals surface area (Å²) in [7, 11) is 0. The summed E-state index contributed by atoms with van der Waals surface area (Å²) >= 11 is 18.8. The number of benzene rings is 2. The number of hydrogen-bond donors (Lipinski definition) is 2. The molecule has 0 saturated heterocycles. The summed E-state index contributed by atoms with van der Waals surface area (Å²) in [5.41, 5.74) is 1.95. The highest BCUT2D eigenvalue weighted by Crippen LogP contribution is 2.41. The molecule has 0 spiro atoms. The van der Waals surface area contributed by atoms with Crippen molar-refractivity contribution >= 4 is 55.1 Å². The summed E-state index contributed by atoms with van der Waals surface area (Å²) in [5, 5.41) is 20.2. The number of hydrogen-bond acceptors (Lipinski definition) is 2. The van der Waals surface area contributed by atoms with Gasteiger partial charge in [-0.15, -0.1) is 0 Å². The van der Waals surface area contributed by atoms with E-state index < -0.39 is 0 Å². The second kappa shape index (κ2) is 7.43. The van der Waals surface area contributed by atoms with Gasteiger partial charge in [0.05, 0.1) is 19.0 Å². The van der Waals surface area contributed by atoms with Gasteiger partial charge >= 0.3 is 0 Å². The smallest absolute Gasteiger partial charge is 0.148 e. The standard InChI is InChI=1S/C16H14Br2Cl2O2/c1-2-3-10(8-4-11(17)15(21)13(19)6-8)9-5-12(18)16(22)14(20)7-9/h4-7,10,21-22H,2-3H2,1H3. The van der Waals surface area contributed by atoms with Crippen LogP contribution in [-0.2, 0) is 0 Å². The maximum Gasteiger partial charge on any atom is 0.148 e. The molecule has 6 heteroatoms. The zero-order valence-corrected chi connectivity index (χ0v) is 16.4. The minimum Gasteiger partial charge on any atom is -0.505 e. The van der Waals surface area contributed by atoms with Crippen molar-refractivity contribution in [2.45, 2.75) is 25.7 Å². The van der Waals surface area contributed by atoms with E-state index in [2.05, 4.69) is 38.8 Å². The third kappa shape index (κ3) is 3.73. The Balaban J connectivity index is 2.56. The van der Waals surface area contributed by atoms with Gasteiger partial charge in [0, 0.05) is 5.92 Å². The molecule has 0 radical (unpaired) electrons. The molecule has 0 aromatic heterocycles. The highest BCUT2D eigenvalue weighted by atomic mass is 79.9. The molecule has 0 unspecified atom stereocenters. The van der Waals surface area contributed by atoms with Gasteiger partial charge in [-0.1, -0.05) is 36.5 Å². The van der Waals surface area contributed by atoms with E-state index in [0.717, 1.165) is 24.0 Å². The van der Waals surface area contributed by atoms with Crippen LogP contribution in [0.4, 0.5) is 0 Å². The molecule has 0 aliphatic rings. The first-order valence-corrected chi connectivity index (χ1v) is 9.05. The molecule has 0 heterocycles. The van der Waals surface area contributed by atoms with Crippen LogP contribution in [0.1, 0.15) is 36.8 Å². The normalized spacial score (nSPS) is 11.2. The third-order valence-electron chi connectivity index (χ3n) is 3.46. The fourth-order valence-electron chi connectivity index (χ4n) is 2.39. The maximum atomic E-state index is 9.80. The molecule has 0 bridgehead atoms. The van der Waals surface area contributed by atoms with Crippen LogP contribution >= 0.6 is 55.1 Å². The first-order chi connectivity index (χ1) is 10.3. The van der Waals surface area contributed by atoms with Crippen molar-refractivity contribution in [3.8, 4) is 11.5 Å². The van der Waals surface area contributed by atoms with Crippen molar-refractivity contribution in [1.82, 2.24) is 0 Å². The minimum atomic E-state index is 0.0329. The van der Waals surface area contributed by atoms with Gasteiger partial charge in [0.25, 0.3) is 0 Å². The van der Waals surface area contributed by atoms with Gasteiger partial charge in [-0.2, -0.15) is 0 Å². The Hall–Kier alpha value is -0.420. The second-order valence-electron chi connectivity index (χ2n) is 5.01. The van der Waals surface area contributed by atoms with E-state index in [-0.39, 0.29) is 17.4 Å². The first kappa shape index (κ1) is 17.9. The molecule has 2 aromatic rings. The van der Waals surface area contributed by atoms with Crippen LogP contribution in [0.2, 0.25) is 10.0 Å². The minimum absolute atomic E-state index is 0.0329. The molecule has 0 aliphatic carbocycles. The van der Waals surface area contributed by atoms with Crippen LogP contribution < -0.4 is 0 Å². The second-order valence-corrected chi connectivity index (χ2v) is 7.53. The van der Waals surface area contributed by atoms with Gasteiger partial charge in [0.15, 0.2) is 0 Å². The lowest BCUT2D eigenvalue weighted by atomic mass is 9.87. The monoisotopic (exact) mass is 466 g/mol. The lowest BCUT2D eigenvalue weighted by Gasteiger charge is -2.20. The molecular formula is C16H14Br2Cl2O2. The first-order valence-electron chi connectivity index (χ1n) is 6.71. The molecule has 2 rings (SSSR count). The van der Waals surface area contributed by atoms with Crippen LogP contribution in [0.15, 0.2) is 33.2 Å². The van der Waals surface area contributed by atoms with Gasteiger partial charge in [0.2, 0.25) is 0 Å². The summed E-state index contributed by atoms with van der Waals surface area (Å²) in [6.07, 6.45) is 1.86. The topological polar surface area (TPSA) is 40.5 Å². The SMILES string of the molecule is CCCC(c1cc(Cl)c(O)c(Br)c1)c1cc(Cl)c(O)c(Br)c1. The summed E-state index contributed by atoms with van der Waals surface area (Å²) in [5.74, 6) is 0.130. The van der Waals surface area contributed by atoms with Crippen molar-refractivity contribution in [2.24, 2.45) is 0 Å². The average Bonchev–Trinajstić information content (AvgIpc) is 2.47. The lowest BCUT2D eigenvalue weighted by molar-refractivity contribution is 0.471. The molecule has 0 aliphatic heterocycles. The molecule has 0 fully saturated rings. The van der Waals surface area contributed by atoms with Crippen molar-refractivity contribution in [3.63, 3.8) is 0 Å². The molecule has 2 nitrogen and oxygen atoms in total. The van der Waals surface area contributed by atoms with E-state index in [1.807, 2.05) is 12.1 Å². The van der Waals surface area contributed by atoms with Crippen LogP contribution in [0.25, 0.3) is 0 Å². The Kier molecular flexibility index (Phi) is 6.06. The van der Waals surface area contributed by atoms with Crippen molar-refractivity contribution in [3.05, 3.63) is 54.4 Å². The van der Waals surface area contributed by atoms with Gasteiger partial charge in [0.1, 0.15) is 11.5 Å². The highest BCUT2D eigenvalue weighted by Gasteiger charge is 2.19. The van der Waals surface area contributed by atoms with E-state index in [9.17, 15) is 10.2 Å². The molecule has 118 valence electrons. The molecule has 0 amide bonds. The zero-order valence-electron chi connectivity index (χ0n) is 11.7. The van der Waals surface area contributed by atoms with Gasteiger partial charge in [-0.25, -0.2) is 0 Å². The number of phenolic OH excluding ortho intramolecular Hbond substituents is 2. The molecule has 2 N–H and O–H groups in total. The van der Waals surface area contributed by atoms with Crippen molar-refractivity contribution in [1.29, 1.82) is 0 Å². The summed E-state index contributed by atoms with van der Waals surface area (Å²) in [6, 6.07) is 7.24. The van der Waals surface area contributed by atoms with Crippen molar-refractivity contribution in [2.75, 3.05) is 0 Å². The number of aromatic hydroxyl groups is 2. The summed E-state index contributed by atoms with van der Waals surface area (Å²) < 4.78 is 1.11.